The van der Waals surface area contributed by atoms with Gasteiger partial charge in [-0.05, 0) is 72.5 Å². The van der Waals surface area contributed by atoms with Crippen molar-refractivity contribution in [2.75, 3.05) is 0 Å². The van der Waals surface area contributed by atoms with Gasteiger partial charge in [-0.15, -0.1) is 54.1 Å². The van der Waals surface area contributed by atoms with Crippen LogP contribution in [0.25, 0.3) is 67.0 Å². The SMILES string of the molecule is CC(C)Cc1cc(-c2[c-]cccc2)ncc1[Si](C)(C)C.Cc1cccc(C)c1-c1ccc2c(n1)oc1c(-c3nc4ccccc4n3C)[c-]ccc12.[Ir]. The van der Waals surface area contributed by atoms with Crippen LogP contribution in [0.4, 0.5) is 0 Å². The molecule has 1 radical (unpaired) electrons. The standard InChI is InChI=1S/C27H20N3O.C18H24NSi.Ir/c1-16-8-6-9-17(2)24(16)22-15-14-19-18-10-7-11-20(25(18)31-27(19)29-22)26-28-21-12-4-5-13-23(21)30(26)3;1-14(2)11-16-12-17(15-9-7-6-8-10-15)19-13-18(16)20(3,4)5;/h4-10,12-15H,1-3H3;6-9,12-14H,11H2,1-5H3;/q2*-1;. The smallest absolute Gasteiger partial charge is 0.216 e. The van der Waals surface area contributed by atoms with Gasteiger partial charge < -0.3 is 14.0 Å². The van der Waals surface area contributed by atoms with Crippen molar-refractivity contribution in [1.82, 2.24) is 19.5 Å². The van der Waals surface area contributed by atoms with Gasteiger partial charge in [-0.1, -0.05) is 86.4 Å². The third kappa shape index (κ3) is 7.31. The Morgan fingerprint density at radius 1 is 0.788 bits per heavy atom. The molecule has 0 fully saturated rings. The first-order chi connectivity index (χ1) is 24.5. The summed E-state index contributed by atoms with van der Waals surface area (Å²) in [5, 5.41) is 3.52. The molecule has 0 atom stereocenters. The summed E-state index contributed by atoms with van der Waals surface area (Å²) in [6.45, 7) is 16.0. The monoisotopic (exact) mass is 877 g/mol. The van der Waals surface area contributed by atoms with Crippen molar-refractivity contribution in [3.8, 4) is 33.9 Å². The number of pyridine rings is 2. The summed E-state index contributed by atoms with van der Waals surface area (Å²) in [4.78, 5) is 14.4. The number of rotatable bonds is 6. The van der Waals surface area contributed by atoms with Gasteiger partial charge in [0.2, 0.25) is 5.71 Å². The number of imidazole rings is 1. The molecule has 8 rings (SSSR count). The number of nitrogens with zero attached hydrogens (tertiary/aromatic N) is 4. The quantitative estimate of drug-likeness (QED) is 0.123. The summed E-state index contributed by atoms with van der Waals surface area (Å²) in [5.41, 5.74) is 12.4. The number of furan rings is 1. The molecule has 0 bridgehead atoms. The summed E-state index contributed by atoms with van der Waals surface area (Å²) in [6.07, 6.45) is 3.24. The molecule has 8 aromatic rings. The van der Waals surface area contributed by atoms with Crippen LogP contribution in [-0.4, -0.2) is 27.6 Å². The predicted molar refractivity (Wildman–Crippen MR) is 215 cm³/mol. The maximum absolute atomic E-state index is 6.34. The molecular weight excluding hydrogens is 833 g/mol. The number of fused-ring (bicyclic) bond motifs is 4. The van der Waals surface area contributed by atoms with Crippen molar-refractivity contribution >= 4 is 46.4 Å². The second kappa shape index (κ2) is 15.1. The van der Waals surface area contributed by atoms with E-state index < -0.39 is 8.07 Å². The van der Waals surface area contributed by atoms with E-state index in [2.05, 4.69) is 124 Å². The summed E-state index contributed by atoms with van der Waals surface area (Å²) in [7, 11) is 0.684. The molecule has 0 saturated carbocycles. The number of aromatic nitrogens is 4. The average Bonchev–Trinajstić information content (AvgIpc) is 3.65. The van der Waals surface area contributed by atoms with Gasteiger partial charge in [-0.25, -0.2) is 4.98 Å². The van der Waals surface area contributed by atoms with E-state index in [4.69, 9.17) is 14.4 Å². The van der Waals surface area contributed by atoms with Gasteiger partial charge in [0.15, 0.2) is 0 Å². The molecular formula is C45H44IrN4OSi-2. The predicted octanol–water partition coefficient (Wildman–Crippen LogP) is 10.9. The third-order valence-electron chi connectivity index (χ3n) is 9.46. The first kappa shape index (κ1) is 37.1. The second-order valence-corrected chi connectivity index (χ2v) is 19.9. The Balaban J connectivity index is 0.000000193. The zero-order valence-corrected chi connectivity index (χ0v) is 34.5. The molecule has 4 heterocycles. The minimum atomic E-state index is -1.34. The first-order valence-electron chi connectivity index (χ1n) is 17.7. The fraction of sp³-hybridized carbons (Fsp3) is 0.222. The molecule has 0 amide bonds. The Morgan fingerprint density at radius 3 is 2.23 bits per heavy atom. The molecule has 0 N–H and O–H groups in total. The van der Waals surface area contributed by atoms with E-state index in [1.807, 2.05) is 55.6 Å². The van der Waals surface area contributed by atoms with Crippen molar-refractivity contribution in [3.05, 3.63) is 132 Å². The van der Waals surface area contributed by atoms with Crippen molar-refractivity contribution in [3.63, 3.8) is 0 Å². The van der Waals surface area contributed by atoms with Crippen molar-refractivity contribution in [2.24, 2.45) is 13.0 Å². The number of para-hydroxylation sites is 2. The molecule has 4 aromatic carbocycles. The van der Waals surface area contributed by atoms with E-state index >= 15 is 0 Å². The molecule has 0 saturated heterocycles. The maximum Gasteiger partial charge on any atom is 0.216 e. The van der Waals surface area contributed by atoms with Gasteiger partial charge in [0.25, 0.3) is 0 Å². The van der Waals surface area contributed by atoms with E-state index in [0.717, 1.165) is 67.7 Å². The van der Waals surface area contributed by atoms with Crippen LogP contribution in [0.5, 0.6) is 0 Å². The van der Waals surface area contributed by atoms with Crippen molar-refractivity contribution in [2.45, 2.75) is 53.8 Å². The maximum atomic E-state index is 6.34. The Kier molecular flexibility index (Phi) is 10.8. The molecule has 0 aliphatic carbocycles. The van der Waals surface area contributed by atoms with Crippen LogP contribution in [-0.2, 0) is 33.6 Å². The van der Waals surface area contributed by atoms with E-state index in [-0.39, 0.29) is 20.1 Å². The normalized spacial score (nSPS) is 11.6. The summed E-state index contributed by atoms with van der Waals surface area (Å²) in [6, 6.07) is 39.6. The first-order valence-corrected chi connectivity index (χ1v) is 21.2. The van der Waals surface area contributed by atoms with E-state index in [1.165, 1.54) is 21.9 Å². The molecule has 0 spiro atoms. The number of aryl methyl sites for hydroxylation is 3. The van der Waals surface area contributed by atoms with Crippen LogP contribution in [0.15, 0.2) is 108 Å². The van der Waals surface area contributed by atoms with E-state index in [9.17, 15) is 0 Å². The summed E-state index contributed by atoms with van der Waals surface area (Å²) < 4.78 is 8.42. The molecule has 0 aliphatic rings. The van der Waals surface area contributed by atoms with Crippen LogP contribution in [0.3, 0.4) is 0 Å². The zero-order chi connectivity index (χ0) is 35.9. The minimum absolute atomic E-state index is 0. The Morgan fingerprint density at radius 2 is 1.54 bits per heavy atom. The van der Waals surface area contributed by atoms with Gasteiger partial charge in [-0.2, -0.15) is 0 Å². The molecule has 7 heteroatoms. The van der Waals surface area contributed by atoms with Crippen LogP contribution >= 0.6 is 0 Å². The Hall–Kier alpha value is -4.68. The molecule has 4 aromatic heterocycles. The fourth-order valence-corrected chi connectivity index (χ4v) is 8.59. The third-order valence-corrected chi connectivity index (χ3v) is 11.5. The molecule has 0 unspecified atom stereocenters. The van der Waals surface area contributed by atoms with Crippen LogP contribution in [0, 0.1) is 31.9 Å². The van der Waals surface area contributed by atoms with Crippen LogP contribution < -0.4 is 5.19 Å². The van der Waals surface area contributed by atoms with Crippen molar-refractivity contribution in [1.29, 1.82) is 0 Å². The zero-order valence-electron chi connectivity index (χ0n) is 31.1. The van der Waals surface area contributed by atoms with E-state index in [0.29, 0.717) is 11.6 Å². The Bertz CT molecular complexity index is 2490. The molecule has 0 aliphatic heterocycles. The van der Waals surface area contributed by atoms with Gasteiger partial charge >= 0.3 is 0 Å². The Labute approximate surface area is 321 Å². The van der Waals surface area contributed by atoms with E-state index in [1.54, 1.807) is 0 Å². The fourth-order valence-electron chi connectivity index (χ4n) is 7.00. The van der Waals surface area contributed by atoms with Gasteiger partial charge in [-0.3, -0.25) is 4.98 Å². The van der Waals surface area contributed by atoms with Crippen molar-refractivity contribution < 1.29 is 24.5 Å². The summed E-state index contributed by atoms with van der Waals surface area (Å²) >= 11 is 0. The van der Waals surface area contributed by atoms with Gasteiger partial charge in [0.1, 0.15) is 0 Å². The largest absolute Gasteiger partial charge is 0.486 e. The van der Waals surface area contributed by atoms with Crippen LogP contribution in [0.2, 0.25) is 19.6 Å². The van der Waals surface area contributed by atoms with Gasteiger partial charge in [0.05, 0.1) is 36.2 Å². The number of benzene rings is 4. The average molecular weight is 877 g/mol. The number of hydrogen-bond acceptors (Lipinski definition) is 4. The second-order valence-electron chi connectivity index (χ2n) is 14.8. The number of hydrogen-bond donors (Lipinski definition) is 0. The molecule has 52 heavy (non-hydrogen) atoms. The minimum Gasteiger partial charge on any atom is -0.486 e. The van der Waals surface area contributed by atoms with Gasteiger partial charge in [0, 0.05) is 44.3 Å². The molecule has 265 valence electrons. The molecule has 5 nitrogen and oxygen atoms in total. The topological polar surface area (TPSA) is 56.7 Å². The van der Waals surface area contributed by atoms with Crippen LogP contribution in [0.1, 0.15) is 30.5 Å². The summed E-state index contributed by atoms with van der Waals surface area (Å²) in [5.74, 6) is 1.50.